The first-order chi connectivity index (χ1) is 10.0. The maximum absolute atomic E-state index is 12.3. The lowest BCUT2D eigenvalue weighted by Gasteiger charge is -2.28. The van der Waals surface area contributed by atoms with Gasteiger partial charge < -0.3 is 10.4 Å². The molecule has 2 aliphatic rings. The summed E-state index contributed by atoms with van der Waals surface area (Å²) in [5.74, 6) is 0.825. The predicted molar refractivity (Wildman–Crippen MR) is 77.1 cm³/mol. The first-order valence-electron chi connectivity index (χ1n) is 7.55. The van der Waals surface area contributed by atoms with Gasteiger partial charge in [-0.15, -0.1) is 0 Å². The standard InChI is InChI=1S/C16H20N2O3/c1-9(13-7-10-2-3-11(13)6-10)18-15(19)12-4-5-17-14(8-12)16(20)21/h4-5,8-11,13H,2-3,6-7H2,1H3,(H,18,19)(H,20,21). The first-order valence-corrected chi connectivity index (χ1v) is 7.55. The first kappa shape index (κ1) is 14.0. The van der Waals surface area contributed by atoms with Crippen molar-refractivity contribution in [2.75, 3.05) is 0 Å². The maximum atomic E-state index is 12.3. The van der Waals surface area contributed by atoms with E-state index >= 15 is 0 Å². The number of fused-ring (bicyclic) bond motifs is 2. The van der Waals surface area contributed by atoms with Gasteiger partial charge in [-0.05, 0) is 56.1 Å². The summed E-state index contributed by atoms with van der Waals surface area (Å²) in [7, 11) is 0. The molecule has 5 heteroatoms. The van der Waals surface area contributed by atoms with Crippen LogP contribution in [0, 0.1) is 17.8 Å². The highest BCUT2D eigenvalue weighted by atomic mass is 16.4. The number of carboxylic acids is 1. The molecule has 1 aromatic rings. The summed E-state index contributed by atoms with van der Waals surface area (Å²) in [6.07, 6.45) is 6.51. The highest BCUT2D eigenvalue weighted by Gasteiger charge is 2.42. The van der Waals surface area contributed by atoms with Crippen LogP contribution in [0.3, 0.4) is 0 Å². The van der Waals surface area contributed by atoms with Crippen molar-refractivity contribution in [2.24, 2.45) is 17.8 Å². The topological polar surface area (TPSA) is 79.3 Å². The summed E-state index contributed by atoms with van der Waals surface area (Å²) in [6, 6.07) is 3.01. The molecule has 2 bridgehead atoms. The largest absolute Gasteiger partial charge is 0.477 e. The Morgan fingerprint density at radius 2 is 2.19 bits per heavy atom. The second kappa shape index (κ2) is 5.47. The van der Waals surface area contributed by atoms with Crippen molar-refractivity contribution in [2.45, 2.75) is 38.6 Å². The number of amides is 1. The van der Waals surface area contributed by atoms with Gasteiger partial charge in [0.1, 0.15) is 5.69 Å². The normalized spacial score (nSPS) is 28.3. The number of carboxylic acid groups (broad SMARTS) is 1. The molecule has 1 amide bonds. The number of carbonyl (C=O) groups is 2. The third-order valence-corrected chi connectivity index (χ3v) is 5.04. The molecule has 0 spiro atoms. The van der Waals surface area contributed by atoms with Crippen LogP contribution in [0.15, 0.2) is 18.3 Å². The molecule has 5 nitrogen and oxygen atoms in total. The Labute approximate surface area is 123 Å². The van der Waals surface area contributed by atoms with Crippen molar-refractivity contribution < 1.29 is 14.7 Å². The second-order valence-corrected chi connectivity index (χ2v) is 6.34. The Balaban J connectivity index is 1.66. The maximum Gasteiger partial charge on any atom is 0.354 e. The molecule has 4 unspecified atom stereocenters. The molecule has 0 aliphatic heterocycles. The van der Waals surface area contributed by atoms with E-state index in [1.807, 2.05) is 0 Å². The van der Waals surface area contributed by atoms with Gasteiger partial charge in [-0.3, -0.25) is 4.79 Å². The minimum atomic E-state index is -1.12. The zero-order chi connectivity index (χ0) is 15.0. The van der Waals surface area contributed by atoms with Gasteiger partial charge in [0.2, 0.25) is 0 Å². The van der Waals surface area contributed by atoms with Crippen LogP contribution < -0.4 is 5.32 Å². The number of nitrogens with zero attached hydrogens (tertiary/aromatic N) is 1. The van der Waals surface area contributed by atoms with E-state index in [4.69, 9.17) is 5.11 Å². The zero-order valence-corrected chi connectivity index (χ0v) is 12.1. The molecule has 2 fully saturated rings. The van der Waals surface area contributed by atoms with E-state index in [0.29, 0.717) is 11.5 Å². The lowest BCUT2D eigenvalue weighted by molar-refractivity contribution is 0.0690. The highest BCUT2D eigenvalue weighted by molar-refractivity contribution is 5.96. The van der Waals surface area contributed by atoms with Crippen LogP contribution in [0.5, 0.6) is 0 Å². The van der Waals surface area contributed by atoms with Crippen molar-refractivity contribution in [1.82, 2.24) is 10.3 Å². The number of aromatic nitrogens is 1. The van der Waals surface area contributed by atoms with Gasteiger partial charge in [-0.2, -0.15) is 0 Å². The van der Waals surface area contributed by atoms with Crippen LogP contribution in [0.4, 0.5) is 0 Å². The average Bonchev–Trinajstić information content (AvgIpc) is 3.10. The Hall–Kier alpha value is -1.91. The van der Waals surface area contributed by atoms with Gasteiger partial charge in [-0.25, -0.2) is 9.78 Å². The molecule has 1 heterocycles. The van der Waals surface area contributed by atoms with Gasteiger partial charge >= 0.3 is 5.97 Å². The number of carbonyl (C=O) groups excluding carboxylic acids is 1. The lowest BCUT2D eigenvalue weighted by Crippen LogP contribution is -2.40. The third kappa shape index (κ3) is 2.77. The summed E-state index contributed by atoms with van der Waals surface area (Å²) in [6.45, 7) is 2.06. The van der Waals surface area contributed by atoms with E-state index in [9.17, 15) is 9.59 Å². The van der Waals surface area contributed by atoms with Crippen molar-refractivity contribution in [1.29, 1.82) is 0 Å². The fourth-order valence-corrected chi connectivity index (χ4v) is 3.99. The van der Waals surface area contributed by atoms with Crippen molar-refractivity contribution in [3.05, 3.63) is 29.6 Å². The van der Waals surface area contributed by atoms with Gasteiger partial charge in [-0.1, -0.05) is 6.42 Å². The molecular formula is C16H20N2O3. The Kier molecular flexibility index (Phi) is 3.66. The van der Waals surface area contributed by atoms with Crippen molar-refractivity contribution >= 4 is 11.9 Å². The van der Waals surface area contributed by atoms with E-state index in [1.54, 1.807) is 6.07 Å². The molecule has 21 heavy (non-hydrogen) atoms. The number of aromatic carboxylic acids is 1. The van der Waals surface area contributed by atoms with E-state index in [0.717, 1.165) is 11.8 Å². The van der Waals surface area contributed by atoms with Crippen LogP contribution in [-0.2, 0) is 0 Å². The van der Waals surface area contributed by atoms with E-state index < -0.39 is 5.97 Å². The summed E-state index contributed by atoms with van der Waals surface area (Å²) in [5, 5.41) is 12.0. The molecule has 112 valence electrons. The quantitative estimate of drug-likeness (QED) is 0.891. The number of pyridine rings is 1. The Morgan fingerprint density at radius 3 is 2.81 bits per heavy atom. The van der Waals surface area contributed by atoms with Crippen LogP contribution >= 0.6 is 0 Å². The number of hydrogen-bond donors (Lipinski definition) is 2. The molecular weight excluding hydrogens is 268 g/mol. The highest BCUT2D eigenvalue weighted by Crippen LogP contribution is 2.49. The third-order valence-electron chi connectivity index (χ3n) is 5.04. The molecule has 0 saturated heterocycles. The Morgan fingerprint density at radius 1 is 1.38 bits per heavy atom. The SMILES string of the molecule is CC(NC(=O)c1ccnc(C(=O)O)c1)C1CC2CCC1C2. The molecule has 0 aromatic carbocycles. The zero-order valence-electron chi connectivity index (χ0n) is 12.1. The smallest absolute Gasteiger partial charge is 0.354 e. The summed E-state index contributed by atoms with van der Waals surface area (Å²) >= 11 is 0. The van der Waals surface area contributed by atoms with Gasteiger partial charge in [0, 0.05) is 17.8 Å². The minimum Gasteiger partial charge on any atom is -0.477 e. The van der Waals surface area contributed by atoms with E-state index in [2.05, 4.69) is 17.2 Å². The van der Waals surface area contributed by atoms with Crippen LogP contribution in [0.25, 0.3) is 0 Å². The summed E-state index contributed by atoms with van der Waals surface area (Å²) in [5.41, 5.74) is 0.257. The molecule has 2 N–H and O–H groups in total. The van der Waals surface area contributed by atoms with Gasteiger partial charge in [0.15, 0.2) is 0 Å². The summed E-state index contributed by atoms with van der Waals surface area (Å²) < 4.78 is 0. The van der Waals surface area contributed by atoms with Crippen molar-refractivity contribution in [3.63, 3.8) is 0 Å². The molecule has 1 aromatic heterocycles. The number of nitrogens with one attached hydrogen (secondary N) is 1. The van der Waals surface area contributed by atoms with Crippen LogP contribution in [0.1, 0.15) is 53.5 Å². The Bertz CT molecular complexity index is 572. The molecule has 3 rings (SSSR count). The van der Waals surface area contributed by atoms with Gasteiger partial charge in [0.25, 0.3) is 5.91 Å². The summed E-state index contributed by atoms with van der Waals surface area (Å²) in [4.78, 5) is 26.9. The van der Waals surface area contributed by atoms with Gasteiger partial charge in [0.05, 0.1) is 0 Å². The fourth-order valence-electron chi connectivity index (χ4n) is 3.99. The molecule has 0 radical (unpaired) electrons. The predicted octanol–water partition coefficient (Wildman–Crippen LogP) is 2.33. The van der Waals surface area contributed by atoms with E-state index in [1.165, 1.54) is 37.9 Å². The molecule has 2 saturated carbocycles. The van der Waals surface area contributed by atoms with Crippen LogP contribution in [0.2, 0.25) is 0 Å². The average molecular weight is 288 g/mol. The second-order valence-electron chi connectivity index (χ2n) is 6.34. The van der Waals surface area contributed by atoms with E-state index in [-0.39, 0.29) is 17.6 Å². The molecule has 4 atom stereocenters. The number of hydrogen-bond acceptors (Lipinski definition) is 3. The fraction of sp³-hybridized carbons (Fsp3) is 0.562. The van der Waals surface area contributed by atoms with Crippen molar-refractivity contribution in [3.8, 4) is 0 Å². The number of rotatable bonds is 4. The lowest BCUT2D eigenvalue weighted by atomic mass is 9.84. The monoisotopic (exact) mass is 288 g/mol. The minimum absolute atomic E-state index is 0.102. The van der Waals surface area contributed by atoms with Crippen LogP contribution in [-0.4, -0.2) is 28.0 Å². The molecule has 2 aliphatic carbocycles.